The minimum Gasteiger partial charge on any atom is -0.429 e. The van der Waals surface area contributed by atoms with E-state index in [0.717, 1.165) is 12.1 Å². The summed E-state index contributed by atoms with van der Waals surface area (Å²) in [4.78, 5) is 0. The molecule has 0 aromatic heterocycles. The molecule has 0 atom stereocenters. The topological polar surface area (TPSA) is 36.9 Å². The van der Waals surface area contributed by atoms with E-state index in [1.165, 1.54) is 12.1 Å². The molecule has 0 bridgehead atoms. The number of rotatable bonds is 9. The minimum atomic E-state index is -4.59. The van der Waals surface area contributed by atoms with Gasteiger partial charge >= 0.3 is 6.11 Å². The van der Waals surface area contributed by atoms with Gasteiger partial charge in [0.15, 0.2) is 23.7 Å². The van der Waals surface area contributed by atoms with Gasteiger partial charge < -0.3 is 18.9 Å². The van der Waals surface area contributed by atoms with Crippen LogP contribution in [0.4, 0.5) is 35.1 Å². The van der Waals surface area contributed by atoms with Crippen molar-refractivity contribution in [3.8, 4) is 28.0 Å². The molecule has 5 rings (SSSR count). The highest BCUT2D eigenvalue weighted by Crippen LogP contribution is 2.38. The summed E-state index contributed by atoms with van der Waals surface area (Å²) in [5, 5.41) is 0. The number of ether oxygens (including phenoxy) is 4. The number of alkyl halides is 2. The lowest BCUT2D eigenvalue weighted by molar-refractivity contribution is -0.211. The zero-order valence-electron chi connectivity index (χ0n) is 23.0. The molecule has 44 heavy (non-hydrogen) atoms. The lowest BCUT2D eigenvalue weighted by Gasteiger charge is -2.29. The van der Waals surface area contributed by atoms with Gasteiger partial charge in [-0.2, -0.15) is 8.78 Å². The first-order valence-corrected chi connectivity index (χ1v) is 13.4. The second-order valence-electron chi connectivity index (χ2n) is 9.98. The molecular formula is C32H24F8O4. The fourth-order valence-electron chi connectivity index (χ4n) is 4.67. The minimum absolute atomic E-state index is 0.0393. The van der Waals surface area contributed by atoms with Crippen molar-refractivity contribution in [3.05, 3.63) is 113 Å². The highest BCUT2D eigenvalue weighted by atomic mass is 19.3. The van der Waals surface area contributed by atoms with Crippen LogP contribution in [0, 0.1) is 40.8 Å². The molecule has 0 spiro atoms. The van der Waals surface area contributed by atoms with E-state index in [-0.39, 0.29) is 11.5 Å². The molecule has 12 heteroatoms. The molecule has 1 heterocycles. The second kappa shape index (κ2) is 12.9. The van der Waals surface area contributed by atoms with Gasteiger partial charge in [0.2, 0.25) is 0 Å². The fraction of sp³-hybridized carbons (Fsp3) is 0.250. The van der Waals surface area contributed by atoms with Crippen molar-refractivity contribution in [1.82, 2.24) is 0 Å². The van der Waals surface area contributed by atoms with Gasteiger partial charge in [-0.25, -0.2) is 26.3 Å². The van der Waals surface area contributed by atoms with Crippen molar-refractivity contribution in [2.24, 2.45) is 5.92 Å². The number of benzene rings is 4. The average Bonchev–Trinajstić information content (AvgIpc) is 2.98. The summed E-state index contributed by atoms with van der Waals surface area (Å²) >= 11 is 0. The van der Waals surface area contributed by atoms with Crippen LogP contribution in [-0.2, 0) is 20.3 Å². The highest BCUT2D eigenvalue weighted by Gasteiger charge is 2.41. The van der Waals surface area contributed by atoms with Gasteiger partial charge in [-0.05, 0) is 60.0 Å². The van der Waals surface area contributed by atoms with Crippen LogP contribution in [0.1, 0.15) is 24.3 Å². The van der Waals surface area contributed by atoms with Gasteiger partial charge in [-0.1, -0.05) is 24.3 Å². The lowest BCUT2D eigenvalue weighted by atomic mass is 10.0. The molecule has 0 aliphatic carbocycles. The van der Waals surface area contributed by atoms with Gasteiger partial charge in [0.05, 0.1) is 19.8 Å². The van der Waals surface area contributed by atoms with Crippen LogP contribution in [0.25, 0.3) is 22.3 Å². The van der Waals surface area contributed by atoms with Crippen LogP contribution in [0.2, 0.25) is 0 Å². The van der Waals surface area contributed by atoms with Crippen LogP contribution in [-0.4, -0.2) is 26.4 Å². The molecule has 1 aliphatic heterocycles. The Morgan fingerprint density at radius 2 is 1.30 bits per heavy atom. The molecular weight excluding hydrogens is 600 g/mol. The Balaban J connectivity index is 1.31. The van der Waals surface area contributed by atoms with Gasteiger partial charge in [0.25, 0.3) is 0 Å². The van der Waals surface area contributed by atoms with E-state index < -0.39 is 69.7 Å². The van der Waals surface area contributed by atoms with E-state index in [1.54, 1.807) is 12.1 Å². The van der Waals surface area contributed by atoms with Gasteiger partial charge in [-0.3, -0.25) is 0 Å². The third-order valence-electron chi connectivity index (χ3n) is 6.86. The Labute approximate surface area is 246 Å². The molecule has 1 saturated heterocycles. The Morgan fingerprint density at radius 3 is 1.86 bits per heavy atom. The van der Waals surface area contributed by atoms with E-state index in [0.29, 0.717) is 67.9 Å². The molecule has 4 aromatic carbocycles. The third-order valence-corrected chi connectivity index (χ3v) is 6.86. The quantitative estimate of drug-likeness (QED) is 0.138. The summed E-state index contributed by atoms with van der Waals surface area (Å²) in [5.74, 6) is -10.2. The normalized spacial score (nSPS) is 17.1. The van der Waals surface area contributed by atoms with E-state index >= 15 is 0 Å². The maximum Gasteiger partial charge on any atom is 0.432 e. The highest BCUT2D eigenvalue weighted by molar-refractivity contribution is 5.66. The number of halogens is 8. The SMILES string of the molecule is CCOCC1COC(c2ccc(-c3cc(F)c(C(F)(F)Oc4ccc(-c5cc(F)c(F)c(F)c5)c(F)c4)c(F)c3)cc2)OC1. The predicted octanol–water partition coefficient (Wildman–Crippen LogP) is 8.68. The molecule has 1 fully saturated rings. The van der Waals surface area contributed by atoms with Crippen LogP contribution in [0.5, 0.6) is 5.75 Å². The Kier molecular flexibility index (Phi) is 9.23. The predicted molar refractivity (Wildman–Crippen MR) is 143 cm³/mol. The lowest BCUT2D eigenvalue weighted by Crippen LogP contribution is -2.30. The largest absolute Gasteiger partial charge is 0.432 e. The van der Waals surface area contributed by atoms with Crippen LogP contribution in [0.15, 0.2) is 66.7 Å². The standard InChI is InChI=1S/C32H24F8O4/c1-2-41-14-17-15-42-31(43-16-17)19-5-3-18(4-6-19)20-9-25(34)29(26(35)10-20)32(39,40)44-22-7-8-23(24(33)13-22)21-11-27(36)30(38)28(37)12-21/h3-13,17,31H,2,14-16H2,1H3. The molecule has 0 amide bonds. The Morgan fingerprint density at radius 1 is 0.705 bits per heavy atom. The van der Waals surface area contributed by atoms with Crippen molar-refractivity contribution >= 4 is 0 Å². The molecule has 4 nitrogen and oxygen atoms in total. The first-order valence-electron chi connectivity index (χ1n) is 13.4. The molecule has 232 valence electrons. The van der Waals surface area contributed by atoms with E-state index in [2.05, 4.69) is 4.74 Å². The monoisotopic (exact) mass is 624 g/mol. The average molecular weight is 625 g/mol. The van der Waals surface area contributed by atoms with Crippen molar-refractivity contribution in [2.45, 2.75) is 19.3 Å². The maximum atomic E-state index is 15.0. The maximum absolute atomic E-state index is 15.0. The summed E-state index contributed by atoms with van der Waals surface area (Å²) < 4.78 is 136. The first-order chi connectivity index (χ1) is 21.0. The molecule has 0 N–H and O–H groups in total. The summed E-state index contributed by atoms with van der Waals surface area (Å²) in [5.41, 5.74) is -1.66. The Hall–Kier alpha value is -4.00. The zero-order chi connectivity index (χ0) is 31.6. The summed E-state index contributed by atoms with van der Waals surface area (Å²) in [6, 6.07) is 10.8. The van der Waals surface area contributed by atoms with E-state index in [9.17, 15) is 35.1 Å². The van der Waals surface area contributed by atoms with Crippen LogP contribution in [0.3, 0.4) is 0 Å². The summed E-state index contributed by atoms with van der Waals surface area (Å²) in [6.45, 7) is 3.81. The van der Waals surface area contributed by atoms with Crippen molar-refractivity contribution in [1.29, 1.82) is 0 Å². The third kappa shape index (κ3) is 6.72. The smallest absolute Gasteiger partial charge is 0.429 e. The molecule has 1 aliphatic rings. The van der Waals surface area contributed by atoms with Gasteiger partial charge in [0, 0.05) is 29.7 Å². The van der Waals surface area contributed by atoms with Gasteiger partial charge in [0.1, 0.15) is 28.8 Å². The van der Waals surface area contributed by atoms with E-state index in [4.69, 9.17) is 14.2 Å². The zero-order valence-corrected chi connectivity index (χ0v) is 23.0. The summed E-state index contributed by atoms with van der Waals surface area (Å²) in [6.07, 6.45) is -5.24. The van der Waals surface area contributed by atoms with Crippen molar-refractivity contribution < 1.29 is 54.1 Å². The Bertz CT molecular complexity index is 1590. The van der Waals surface area contributed by atoms with Gasteiger partial charge in [-0.15, -0.1) is 0 Å². The van der Waals surface area contributed by atoms with Crippen LogP contribution < -0.4 is 4.74 Å². The number of hydrogen-bond acceptors (Lipinski definition) is 4. The number of hydrogen-bond donors (Lipinski definition) is 0. The molecule has 4 aromatic rings. The second-order valence-corrected chi connectivity index (χ2v) is 9.98. The fourth-order valence-corrected chi connectivity index (χ4v) is 4.67. The summed E-state index contributed by atoms with van der Waals surface area (Å²) in [7, 11) is 0. The molecule has 0 unspecified atom stereocenters. The van der Waals surface area contributed by atoms with Crippen molar-refractivity contribution in [2.75, 3.05) is 26.4 Å². The molecule has 0 saturated carbocycles. The van der Waals surface area contributed by atoms with E-state index in [1.807, 2.05) is 6.92 Å². The first kappa shape index (κ1) is 31.4. The molecule has 0 radical (unpaired) electrons. The van der Waals surface area contributed by atoms with Crippen molar-refractivity contribution in [3.63, 3.8) is 0 Å². The van der Waals surface area contributed by atoms with Crippen LogP contribution >= 0.6 is 0 Å².